The van der Waals surface area contributed by atoms with E-state index in [1.807, 2.05) is 115 Å². The molecule has 0 aliphatic carbocycles. The molecule has 7 heterocycles. The Morgan fingerprint density at radius 1 is 0.262 bits per heavy atom. The molecule has 10 heteroatoms. The van der Waals surface area contributed by atoms with Gasteiger partial charge in [0.15, 0.2) is 0 Å². The first-order chi connectivity index (χ1) is 20.8. The first-order valence-electron chi connectivity index (χ1n) is 13.9. The molecule has 0 nitrogen and oxygen atoms in total. The minimum atomic E-state index is 1.20. The lowest BCUT2D eigenvalue weighted by Crippen LogP contribution is -1.82. The summed E-state index contributed by atoms with van der Waals surface area (Å²) in [5, 5.41) is 0. The molecule has 0 fully saturated rings. The Hall–Kier alpha value is -0.400. The Morgan fingerprint density at radius 3 is 0.738 bits per heavy atom. The van der Waals surface area contributed by atoms with E-state index in [9.17, 15) is 0 Å². The third-order valence-corrected chi connectivity index (χ3v) is 19.1. The molecule has 42 heavy (non-hydrogen) atoms. The summed E-state index contributed by atoms with van der Waals surface area (Å²) in [5.74, 6) is 4.79. The number of fused-ring (bicyclic) bond motifs is 16. The maximum Gasteiger partial charge on any atom is 0.0605 e. The van der Waals surface area contributed by atoms with Crippen LogP contribution in [0.2, 0.25) is 0 Å². The highest BCUT2D eigenvalue weighted by atomic mass is 32.2. The lowest BCUT2D eigenvalue weighted by molar-refractivity contribution is 0.908. The van der Waals surface area contributed by atoms with Crippen molar-refractivity contribution in [3.8, 4) is 39.0 Å². The normalized spacial score (nSPS) is 15.4. The van der Waals surface area contributed by atoms with Gasteiger partial charge in [-0.25, -0.2) is 0 Å². The fourth-order valence-corrected chi connectivity index (χ4v) is 15.6. The summed E-state index contributed by atoms with van der Waals surface area (Å²) in [6, 6.07) is 27.8. The fourth-order valence-electron chi connectivity index (χ4n) is 4.43. The molecule has 7 rings (SSSR count). The highest BCUT2D eigenvalue weighted by Crippen LogP contribution is 2.45. The van der Waals surface area contributed by atoms with Gasteiger partial charge in [0, 0.05) is 39.0 Å². The lowest BCUT2D eigenvalue weighted by atomic mass is 10.3. The van der Waals surface area contributed by atoms with Gasteiger partial charge in [-0.1, -0.05) is 0 Å². The van der Waals surface area contributed by atoms with Crippen LogP contribution < -0.4 is 0 Å². The van der Waals surface area contributed by atoms with E-state index >= 15 is 0 Å². The van der Waals surface area contributed by atoms with Crippen LogP contribution in [-0.4, -0.2) is 23.0 Å². The summed E-state index contributed by atoms with van der Waals surface area (Å²) in [4.78, 5) is 11.2. The molecule has 0 aromatic carbocycles. The molecule has 0 radical (unpaired) electrons. The highest BCUT2D eigenvalue weighted by Gasteiger charge is 2.12. The summed E-state index contributed by atoms with van der Waals surface area (Å²) in [7, 11) is 0. The van der Waals surface area contributed by atoms with Crippen molar-refractivity contribution in [2.24, 2.45) is 0 Å². The largest absolute Gasteiger partial charge is 0.134 e. The minimum Gasteiger partial charge on any atom is -0.134 e. The second-order valence-electron chi connectivity index (χ2n) is 9.61. The Labute approximate surface area is 289 Å². The molecule has 0 N–H and O–H groups in total. The molecule has 1 aliphatic rings. The van der Waals surface area contributed by atoms with Crippen LogP contribution >= 0.6 is 115 Å². The number of hydrogen-bond donors (Lipinski definition) is 0. The van der Waals surface area contributed by atoms with Gasteiger partial charge in [-0.3, -0.25) is 0 Å². The van der Waals surface area contributed by atoms with E-state index in [0.717, 1.165) is 0 Å². The lowest BCUT2D eigenvalue weighted by Gasteiger charge is -2.00. The first kappa shape index (κ1) is 30.3. The summed E-state index contributed by atoms with van der Waals surface area (Å²) in [6.45, 7) is 0. The predicted octanol–water partition coefficient (Wildman–Crippen LogP) is 14.4. The summed E-state index contributed by atoms with van der Waals surface area (Å²) < 4.78 is 5.77. The van der Waals surface area contributed by atoms with Crippen LogP contribution in [0.5, 0.6) is 0 Å². The van der Waals surface area contributed by atoms with Crippen molar-refractivity contribution in [2.45, 2.75) is 42.5 Å². The van der Waals surface area contributed by atoms with Crippen LogP contribution in [0.3, 0.4) is 0 Å². The van der Waals surface area contributed by atoms with Gasteiger partial charge < -0.3 is 0 Å². The van der Waals surface area contributed by atoms with Crippen molar-refractivity contribution in [3.05, 3.63) is 72.8 Å². The molecule has 6 aromatic rings. The SMILES string of the molecule is c1cc2sc1SCCCCSc1ccc(s1)-c1ccc(s1)-c1ccc(s1)SCCCCSc1ccc(s1)-c1ccc-2s1. The third-order valence-electron chi connectivity index (χ3n) is 6.56. The van der Waals surface area contributed by atoms with Gasteiger partial charge in [-0.15, -0.1) is 115 Å². The van der Waals surface area contributed by atoms with E-state index in [1.54, 1.807) is 0 Å². The van der Waals surface area contributed by atoms with Gasteiger partial charge >= 0.3 is 0 Å². The topological polar surface area (TPSA) is 0 Å². The standard InChI is InChI=1S/C32H28S10/c1-2-18-34-30-14-10-26(40-30)22-7-8-24(38-22)28-12-16-32(42-28)36-20-4-3-19-35-31-15-11-27(41-31)23-6-5-21(37-23)25-9-13-29(39-25)33-17-1/h5-16H,1-4,17-20H2. The Morgan fingerprint density at radius 2 is 0.476 bits per heavy atom. The zero-order valence-electron chi connectivity index (χ0n) is 22.7. The Bertz CT molecular complexity index is 1470. The molecule has 0 atom stereocenters. The van der Waals surface area contributed by atoms with Crippen LogP contribution in [0.25, 0.3) is 39.0 Å². The van der Waals surface area contributed by atoms with E-state index in [4.69, 9.17) is 0 Å². The number of thioether (sulfide) groups is 4. The summed E-state index contributed by atoms with van der Waals surface area (Å²) >= 11 is 19.8. The maximum absolute atomic E-state index is 2.32. The van der Waals surface area contributed by atoms with Crippen LogP contribution in [0, 0.1) is 0 Å². The third kappa shape index (κ3) is 7.69. The molecule has 0 unspecified atom stereocenters. The van der Waals surface area contributed by atoms with Crippen molar-refractivity contribution < 1.29 is 0 Å². The number of rotatable bonds is 0. The molecule has 0 saturated heterocycles. The van der Waals surface area contributed by atoms with E-state index in [2.05, 4.69) is 72.8 Å². The monoisotopic (exact) mass is 732 g/mol. The second kappa shape index (κ2) is 14.8. The van der Waals surface area contributed by atoms with E-state index in [0.29, 0.717) is 0 Å². The quantitative estimate of drug-likeness (QED) is 0.152. The molecule has 216 valence electrons. The Balaban J connectivity index is 1.03. The number of thiophene rings is 6. The van der Waals surface area contributed by atoms with Gasteiger partial charge in [0.05, 0.1) is 16.8 Å². The maximum atomic E-state index is 2.32. The second-order valence-corrected chi connectivity index (χ2v) is 21.7. The van der Waals surface area contributed by atoms with Crippen LogP contribution in [0.4, 0.5) is 0 Å². The fraction of sp³-hybridized carbons (Fsp3) is 0.250. The van der Waals surface area contributed by atoms with Gasteiger partial charge in [0.1, 0.15) is 0 Å². The zero-order chi connectivity index (χ0) is 28.1. The van der Waals surface area contributed by atoms with Gasteiger partial charge in [0.25, 0.3) is 0 Å². The van der Waals surface area contributed by atoms with Gasteiger partial charge in [0.2, 0.25) is 0 Å². The molecule has 12 bridgehead atoms. The number of hydrogen-bond acceptors (Lipinski definition) is 10. The smallest absolute Gasteiger partial charge is 0.0605 e. The van der Waals surface area contributed by atoms with E-state index < -0.39 is 0 Å². The summed E-state index contributed by atoms with van der Waals surface area (Å²) in [6.07, 6.45) is 5.06. The van der Waals surface area contributed by atoms with Crippen LogP contribution in [0.15, 0.2) is 89.6 Å². The van der Waals surface area contributed by atoms with Gasteiger partial charge in [-0.2, -0.15) is 0 Å². The summed E-state index contributed by atoms with van der Waals surface area (Å²) in [5.41, 5.74) is 0. The molecule has 0 spiro atoms. The molecular formula is C32H28S10. The highest BCUT2D eigenvalue weighted by molar-refractivity contribution is 8.02. The molecular weight excluding hydrogens is 705 g/mol. The first-order valence-corrected chi connectivity index (χ1v) is 22.7. The average molecular weight is 733 g/mol. The van der Waals surface area contributed by atoms with Crippen molar-refractivity contribution in [2.75, 3.05) is 23.0 Å². The molecule has 0 saturated carbocycles. The average Bonchev–Trinajstić information content (AvgIpc) is 3.83. The van der Waals surface area contributed by atoms with E-state index in [1.165, 1.54) is 105 Å². The van der Waals surface area contributed by atoms with Crippen LogP contribution in [0.1, 0.15) is 25.7 Å². The van der Waals surface area contributed by atoms with Crippen LogP contribution in [-0.2, 0) is 0 Å². The van der Waals surface area contributed by atoms with Crippen molar-refractivity contribution >= 4 is 115 Å². The zero-order valence-corrected chi connectivity index (χ0v) is 30.8. The minimum absolute atomic E-state index is 1.20. The molecule has 0 amide bonds. The van der Waals surface area contributed by atoms with E-state index in [-0.39, 0.29) is 0 Å². The van der Waals surface area contributed by atoms with Crippen molar-refractivity contribution in [1.82, 2.24) is 0 Å². The van der Waals surface area contributed by atoms with Crippen molar-refractivity contribution in [3.63, 3.8) is 0 Å². The predicted molar refractivity (Wildman–Crippen MR) is 203 cm³/mol. The van der Waals surface area contributed by atoms with Gasteiger partial charge in [-0.05, 0) is 121 Å². The molecule has 6 aromatic heterocycles. The van der Waals surface area contributed by atoms with Crippen molar-refractivity contribution in [1.29, 1.82) is 0 Å². The molecule has 1 aliphatic heterocycles. The Kier molecular flexibility index (Phi) is 10.7.